The van der Waals surface area contributed by atoms with Crippen LogP contribution in [0.5, 0.6) is 0 Å². The molecule has 1 unspecified atom stereocenters. The van der Waals surface area contributed by atoms with Gasteiger partial charge in [0.2, 0.25) is 5.91 Å². The van der Waals surface area contributed by atoms with E-state index in [0.717, 1.165) is 6.42 Å². The van der Waals surface area contributed by atoms with E-state index in [4.69, 9.17) is 15.2 Å². The van der Waals surface area contributed by atoms with Gasteiger partial charge in [0.1, 0.15) is 0 Å². The molecule has 0 rings (SSSR count). The van der Waals surface area contributed by atoms with Gasteiger partial charge in [0.25, 0.3) is 0 Å². The molecule has 0 aromatic carbocycles. The van der Waals surface area contributed by atoms with E-state index in [0.29, 0.717) is 32.8 Å². The van der Waals surface area contributed by atoms with E-state index in [1.54, 1.807) is 7.11 Å². The zero-order chi connectivity index (χ0) is 11.5. The summed E-state index contributed by atoms with van der Waals surface area (Å²) in [6.45, 7) is 4.08. The number of carbonyl (C=O) groups excluding carboxylic acids is 1. The van der Waals surface area contributed by atoms with Crippen LogP contribution < -0.4 is 11.1 Å². The summed E-state index contributed by atoms with van der Waals surface area (Å²) in [6.07, 6.45) is 1.19. The number of methoxy groups -OCH3 is 1. The predicted octanol–water partition coefficient (Wildman–Crippen LogP) is 0.315. The van der Waals surface area contributed by atoms with Gasteiger partial charge in [-0.2, -0.15) is 0 Å². The highest BCUT2D eigenvalue weighted by Gasteiger charge is 2.01. The maximum atomic E-state index is 11.2. The van der Waals surface area contributed by atoms with Crippen molar-refractivity contribution in [2.75, 3.05) is 33.5 Å². The molecule has 1 atom stereocenters. The van der Waals surface area contributed by atoms with Gasteiger partial charge in [-0.25, -0.2) is 0 Å². The molecule has 1 amide bonds. The Balaban J connectivity index is 0. The van der Waals surface area contributed by atoms with Crippen molar-refractivity contribution in [3.63, 3.8) is 0 Å². The molecule has 0 fully saturated rings. The first-order valence-electron chi connectivity index (χ1n) is 5.25. The number of hydrogen-bond acceptors (Lipinski definition) is 4. The van der Waals surface area contributed by atoms with Crippen molar-refractivity contribution in [1.82, 2.24) is 5.32 Å². The van der Waals surface area contributed by atoms with Crippen LogP contribution in [-0.4, -0.2) is 45.4 Å². The molecule has 0 saturated heterocycles. The lowest BCUT2D eigenvalue weighted by molar-refractivity contribution is -0.122. The molecule has 0 radical (unpaired) electrons. The smallest absolute Gasteiger partial charge is 0.222 e. The molecule has 16 heavy (non-hydrogen) atoms. The largest absolute Gasteiger partial charge is 0.382 e. The van der Waals surface area contributed by atoms with Crippen LogP contribution >= 0.6 is 12.4 Å². The summed E-state index contributed by atoms with van der Waals surface area (Å²) in [5.74, 6) is 0.00747. The Hall–Kier alpha value is -0.360. The van der Waals surface area contributed by atoms with Crippen LogP contribution in [0.2, 0.25) is 0 Å². The topological polar surface area (TPSA) is 73.6 Å². The Kier molecular flexibility index (Phi) is 14.3. The van der Waals surface area contributed by atoms with Gasteiger partial charge in [-0.1, -0.05) is 0 Å². The standard InChI is InChI=1S/C10H22N2O3.ClH/c1-9(11)3-5-12-10(13)4-6-15-8-7-14-2;/h9H,3-8,11H2,1-2H3,(H,12,13);1H. The molecule has 5 nitrogen and oxygen atoms in total. The molecule has 0 saturated carbocycles. The summed E-state index contributed by atoms with van der Waals surface area (Å²) in [6, 6.07) is 0.128. The fraction of sp³-hybridized carbons (Fsp3) is 0.900. The zero-order valence-electron chi connectivity index (χ0n) is 10.0. The first-order chi connectivity index (χ1) is 7.16. The zero-order valence-corrected chi connectivity index (χ0v) is 10.8. The number of halogens is 1. The van der Waals surface area contributed by atoms with Crippen LogP contribution in [0, 0.1) is 0 Å². The van der Waals surface area contributed by atoms with Crippen molar-refractivity contribution in [3.05, 3.63) is 0 Å². The molecule has 0 aliphatic carbocycles. The third kappa shape index (κ3) is 13.6. The van der Waals surface area contributed by atoms with Crippen LogP contribution in [0.4, 0.5) is 0 Å². The van der Waals surface area contributed by atoms with Gasteiger partial charge in [0.05, 0.1) is 19.8 Å². The van der Waals surface area contributed by atoms with E-state index < -0.39 is 0 Å². The highest BCUT2D eigenvalue weighted by Crippen LogP contribution is 1.86. The fourth-order valence-electron chi connectivity index (χ4n) is 0.937. The summed E-state index contributed by atoms with van der Waals surface area (Å²) < 4.78 is 9.96. The molecule has 3 N–H and O–H groups in total. The average molecular weight is 255 g/mol. The Morgan fingerprint density at radius 2 is 2.06 bits per heavy atom. The van der Waals surface area contributed by atoms with Crippen LogP contribution in [0.1, 0.15) is 19.8 Å². The molecule has 0 aromatic rings. The summed E-state index contributed by atoms with van der Waals surface area (Å²) >= 11 is 0. The van der Waals surface area contributed by atoms with Crippen molar-refractivity contribution in [3.8, 4) is 0 Å². The molecular formula is C10H23ClN2O3. The van der Waals surface area contributed by atoms with Gasteiger partial charge >= 0.3 is 0 Å². The molecule has 0 heterocycles. The predicted molar refractivity (Wildman–Crippen MR) is 65.8 cm³/mol. The fourth-order valence-corrected chi connectivity index (χ4v) is 0.937. The van der Waals surface area contributed by atoms with Crippen molar-refractivity contribution in [1.29, 1.82) is 0 Å². The van der Waals surface area contributed by atoms with Gasteiger partial charge in [0.15, 0.2) is 0 Å². The van der Waals surface area contributed by atoms with Crippen molar-refractivity contribution < 1.29 is 14.3 Å². The second kappa shape index (κ2) is 12.7. The molecule has 0 spiro atoms. The number of carbonyl (C=O) groups is 1. The van der Waals surface area contributed by atoms with Gasteiger partial charge in [-0.05, 0) is 13.3 Å². The monoisotopic (exact) mass is 254 g/mol. The summed E-state index contributed by atoms with van der Waals surface area (Å²) in [5.41, 5.74) is 5.54. The van der Waals surface area contributed by atoms with E-state index >= 15 is 0 Å². The summed E-state index contributed by atoms with van der Waals surface area (Å²) in [5, 5.41) is 2.77. The van der Waals surface area contributed by atoms with Crippen molar-refractivity contribution >= 4 is 18.3 Å². The molecule has 98 valence electrons. The van der Waals surface area contributed by atoms with Crippen molar-refractivity contribution in [2.45, 2.75) is 25.8 Å². The third-order valence-electron chi connectivity index (χ3n) is 1.83. The Labute approximate surface area is 103 Å². The number of ether oxygens (including phenoxy) is 2. The van der Waals surface area contributed by atoms with Crippen molar-refractivity contribution in [2.24, 2.45) is 5.73 Å². The lowest BCUT2D eigenvalue weighted by atomic mass is 10.2. The van der Waals surface area contributed by atoms with Crippen LogP contribution in [0.3, 0.4) is 0 Å². The Morgan fingerprint density at radius 3 is 2.62 bits per heavy atom. The first kappa shape index (κ1) is 18.0. The van der Waals surface area contributed by atoms with Crippen LogP contribution in [0.25, 0.3) is 0 Å². The quantitative estimate of drug-likeness (QED) is 0.581. The molecule has 0 aliphatic heterocycles. The first-order valence-corrected chi connectivity index (χ1v) is 5.25. The maximum absolute atomic E-state index is 11.2. The maximum Gasteiger partial charge on any atom is 0.222 e. The molecule has 6 heteroatoms. The Bertz CT molecular complexity index is 168. The normalized spacial score (nSPS) is 11.7. The number of amides is 1. The summed E-state index contributed by atoms with van der Waals surface area (Å²) in [7, 11) is 1.62. The third-order valence-corrected chi connectivity index (χ3v) is 1.83. The molecule has 0 bridgehead atoms. The second-order valence-corrected chi connectivity index (χ2v) is 3.47. The van der Waals surface area contributed by atoms with E-state index in [9.17, 15) is 4.79 Å². The van der Waals surface area contributed by atoms with E-state index in [1.807, 2.05) is 6.92 Å². The SMILES string of the molecule is COCCOCCC(=O)NCCC(C)N.Cl. The van der Waals surface area contributed by atoms with E-state index in [1.165, 1.54) is 0 Å². The van der Waals surface area contributed by atoms with Crippen LogP contribution in [0.15, 0.2) is 0 Å². The minimum atomic E-state index is 0. The molecular weight excluding hydrogens is 232 g/mol. The van der Waals surface area contributed by atoms with E-state index in [-0.39, 0.29) is 24.4 Å². The van der Waals surface area contributed by atoms with E-state index in [2.05, 4.69) is 5.32 Å². The minimum absolute atomic E-state index is 0. The molecule has 0 aliphatic rings. The van der Waals surface area contributed by atoms with Gasteiger partial charge < -0.3 is 20.5 Å². The number of hydrogen-bond donors (Lipinski definition) is 2. The highest BCUT2D eigenvalue weighted by molar-refractivity contribution is 5.85. The summed E-state index contributed by atoms with van der Waals surface area (Å²) in [4.78, 5) is 11.2. The lowest BCUT2D eigenvalue weighted by Crippen LogP contribution is -2.29. The number of rotatable bonds is 9. The molecule has 0 aromatic heterocycles. The number of nitrogens with one attached hydrogen (secondary N) is 1. The average Bonchev–Trinajstić information content (AvgIpc) is 2.17. The number of nitrogens with two attached hydrogens (primary N) is 1. The van der Waals surface area contributed by atoms with Crippen LogP contribution in [-0.2, 0) is 14.3 Å². The Morgan fingerprint density at radius 1 is 1.38 bits per heavy atom. The van der Waals surface area contributed by atoms with Gasteiger partial charge in [-0.15, -0.1) is 12.4 Å². The van der Waals surface area contributed by atoms with Gasteiger partial charge in [-0.3, -0.25) is 4.79 Å². The second-order valence-electron chi connectivity index (χ2n) is 3.47. The van der Waals surface area contributed by atoms with Gasteiger partial charge in [0, 0.05) is 26.1 Å². The highest BCUT2D eigenvalue weighted by atomic mass is 35.5. The minimum Gasteiger partial charge on any atom is -0.382 e. The lowest BCUT2D eigenvalue weighted by Gasteiger charge is -2.07.